The van der Waals surface area contributed by atoms with Gasteiger partial charge in [0.25, 0.3) is 0 Å². The lowest BCUT2D eigenvalue weighted by Crippen LogP contribution is -2.40. The first-order valence-corrected chi connectivity index (χ1v) is 8.97. The number of benzene rings is 1. The van der Waals surface area contributed by atoms with Crippen LogP contribution in [0, 0.1) is 0 Å². The van der Waals surface area contributed by atoms with Crippen LogP contribution in [-0.4, -0.2) is 61.6 Å². The third-order valence-electron chi connectivity index (χ3n) is 3.21. The van der Waals surface area contributed by atoms with Gasteiger partial charge in [0, 0.05) is 13.1 Å². The maximum atomic E-state index is 12.2. The summed E-state index contributed by atoms with van der Waals surface area (Å²) in [4.78, 5) is 22.6. The highest BCUT2D eigenvalue weighted by Gasteiger charge is 2.16. The molecular weight excluding hydrogens is 336 g/mol. The van der Waals surface area contributed by atoms with Crippen molar-refractivity contribution in [3.63, 3.8) is 0 Å². The van der Waals surface area contributed by atoms with Crippen molar-refractivity contribution < 1.29 is 28.2 Å². The van der Waals surface area contributed by atoms with E-state index in [0.29, 0.717) is 0 Å². The first-order valence-electron chi connectivity index (χ1n) is 7.49. The Balaban J connectivity index is 2.62. The second-order valence-electron chi connectivity index (χ2n) is 5.29. The summed E-state index contributed by atoms with van der Waals surface area (Å²) < 4.78 is 26.7. The molecule has 0 saturated heterocycles. The third-order valence-corrected chi connectivity index (χ3v) is 4.69. The summed E-state index contributed by atoms with van der Waals surface area (Å²) in [6.45, 7) is 0.983. The van der Waals surface area contributed by atoms with Crippen LogP contribution in [0.4, 0.5) is 0 Å². The van der Waals surface area contributed by atoms with Crippen LogP contribution >= 0.6 is 0 Å². The van der Waals surface area contributed by atoms with E-state index in [4.69, 9.17) is 10.2 Å². The maximum Gasteiger partial charge on any atom is 0.317 e. The van der Waals surface area contributed by atoms with E-state index in [-0.39, 0.29) is 18.0 Å². The van der Waals surface area contributed by atoms with E-state index >= 15 is 0 Å². The van der Waals surface area contributed by atoms with Gasteiger partial charge in [-0.3, -0.25) is 14.5 Å². The molecule has 1 rings (SSSR count). The van der Waals surface area contributed by atoms with Crippen LogP contribution in [0.2, 0.25) is 0 Å². The molecule has 0 atom stereocenters. The standard InChI is InChI=1S/C15H22N2O6S/c1-2-3-12-4-6-13(7-5-12)24(22,23)16-8-9-17(10-14(18)19)11-15(20)21/h4-7,16H,2-3,8-11H2,1H3,(H,18,19)(H,20,21). The van der Waals surface area contributed by atoms with Gasteiger partial charge < -0.3 is 10.2 Å². The highest BCUT2D eigenvalue weighted by molar-refractivity contribution is 7.89. The van der Waals surface area contributed by atoms with Crippen LogP contribution in [0.15, 0.2) is 29.2 Å². The molecule has 3 N–H and O–H groups in total. The molecule has 8 nitrogen and oxygen atoms in total. The monoisotopic (exact) mass is 358 g/mol. The van der Waals surface area contributed by atoms with Gasteiger partial charge in [0.15, 0.2) is 0 Å². The second-order valence-corrected chi connectivity index (χ2v) is 7.06. The number of hydrogen-bond donors (Lipinski definition) is 3. The minimum atomic E-state index is -3.72. The molecule has 0 aliphatic carbocycles. The van der Waals surface area contributed by atoms with Crippen molar-refractivity contribution in [3.05, 3.63) is 29.8 Å². The van der Waals surface area contributed by atoms with E-state index in [9.17, 15) is 18.0 Å². The molecule has 0 radical (unpaired) electrons. The molecule has 0 aliphatic heterocycles. The van der Waals surface area contributed by atoms with Gasteiger partial charge >= 0.3 is 11.9 Å². The topological polar surface area (TPSA) is 124 Å². The number of carboxylic acids is 2. The number of aryl methyl sites for hydroxylation is 1. The quantitative estimate of drug-likeness (QED) is 0.522. The predicted molar refractivity (Wildman–Crippen MR) is 87.3 cm³/mol. The molecule has 1 aromatic rings. The van der Waals surface area contributed by atoms with Crippen LogP contribution in [0.25, 0.3) is 0 Å². The smallest absolute Gasteiger partial charge is 0.317 e. The molecule has 0 spiro atoms. The van der Waals surface area contributed by atoms with Crippen molar-refractivity contribution in [2.75, 3.05) is 26.2 Å². The van der Waals surface area contributed by atoms with Crippen molar-refractivity contribution in [1.82, 2.24) is 9.62 Å². The molecule has 0 fully saturated rings. The Kier molecular flexibility index (Phi) is 7.83. The van der Waals surface area contributed by atoms with Crippen molar-refractivity contribution in [1.29, 1.82) is 0 Å². The molecule has 0 bridgehead atoms. The van der Waals surface area contributed by atoms with E-state index in [1.54, 1.807) is 12.1 Å². The average Bonchev–Trinajstić information content (AvgIpc) is 2.46. The van der Waals surface area contributed by atoms with Gasteiger partial charge in [0.1, 0.15) is 0 Å². The fourth-order valence-electron chi connectivity index (χ4n) is 2.14. The van der Waals surface area contributed by atoms with Gasteiger partial charge in [-0.25, -0.2) is 13.1 Å². The Morgan fingerprint density at radius 3 is 2.08 bits per heavy atom. The van der Waals surface area contributed by atoms with Crippen LogP contribution in [0.3, 0.4) is 0 Å². The summed E-state index contributed by atoms with van der Waals surface area (Å²) in [5, 5.41) is 17.5. The summed E-state index contributed by atoms with van der Waals surface area (Å²) in [6, 6.07) is 6.53. The van der Waals surface area contributed by atoms with Crippen molar-refractivity contribution >= 4 is 22.0 Å². The number of carboxylic acid groups (broad SMARTS) is 2. The molecule has 0 aromatic heterocycles. The van der Waals surface area contributed by atoms with Crippen LogP contribution in [0.1, 0.15) is 18.9 Å². The summed E-state index contributed by atoms with van der Waals surface area (Å²) in [5.74, 6) is -2.35. The number of hydrogen-bond acceptors (Lipinski definition) is 5. The highest BCUT2D eigenvalue weighted by Crippen LogP contribution is 2.11. The highest BCUT2D eigenvalue weighted by atomic mass is 32.2. The number of rotatable bonds is 11. The maximum absolute atomic E-state index is 12.2. The Labute approximate surface area is 141 Å². The van der Waals surface area contributed by atoms with Gasteiger partial charge in [-0.2, -0.15) is 0 Å². The van der Waals surface area contributed by atoms with Gasteiger partial charge in [-0.05, 0) is 24.1 Å². The average molecular weight is 358 g/mol. The minimum absolute atomic E-state index is 0.0221. The zero-order valence-corrected chi connectivity index (χ0v) is 14.3. The second kappa shape index (κ2) is 9.36. The molecule has 0 aliphatic rings. The molecular formula is C15H22N2O6S. The number of nitrogens with zero attached hydrogens (tertiary/aromatic N) is 1. The van der Waals surface area contributed by atoms with E-state index in [0.717, 1.165) is 23.3 Å². The number of aliphatic carboxylic acids is 2. The van der Waals surface area contributed by atoms with Crippen LogP contribution in [-0.2, 0) is 26.0 Å². The number of carbonyl (C=O) groups is 2. The molecule has 0 amide bonds. The number of nitrogens with one attached hydrogen (secondary N) is 1. The Hall–Kier alpha value is -1.97. The lowest BCUT2D eigenvalue weighted by Gasteiger charge is -2.18. The lowest BCUT2D eigenvalue weighted by atomic mass is 10.1. The van der Waals surface area contributed by atoms with Gasteiger partial charge in [-0.1, -0.05) is 25.5 Å². The van der Waals surface area contributed by atoms with E-state index < -0.39 is 35.1 Å². The minimum Gasteiger partial charge on any atom is -0.480 e. The van der Waals surface area contributed by atoms with Gasteiger partial charge in [0.2, 0.25) is 10.0 Å². The molecule has 134 valence electrons. The molecule has 9 heteroatoms. The Morgan fingerprint density at radius 1 is 1.08 bits per heavy atom. The Morgan fingerprint density at radius 2 is 1.62 bits per heavy atom. The molecule has 0 saturated carbocycles. The zero-order valence-electron chi connectivity index (χ0n) is 13.4. The van der Waals surface area contributed by atoms with Crippen molar-refractivity contribution in [2.24, 2.45) is 0 Å². The summed E-state index contributed by atoms with van der Waals surface area (Å²) in [7, 11) is -3.72. The zero-order chi connectivity index (χ0) is 18.2. The number of sulfonamides is 1. The van der Waals surface area contributed by atoms with Crippen LogP contribution in [0.5, 0.6) is 0 Å². The third kappa shape index (κ3) is 7.07. The largest absolute Gasteiger partial charge is 0.480 e. The Bertz CT molecular complexity index is 641. The molecule has 0 heterocycles. The van der Waals surface area contributed by atoms with Crippen molar-refractivity contribution in [3.8, 4) is 0 Å². The van der Waals surface area contributed by atoms with E-state index in [2.05, 4.69) is 4.72 Å². The predicted octanol–water partition coefficient (Wildman–Crippen LogP) is 0.389. The first-order chi connectivity index (χ1) is 11.2. The van der Waals surface area contributed by atoms with Crippen molar-refractivity contribution in [2.45, 2.75) is 24.7 Å². The van der Waals surface area contributed by atoms with Gasteiger partial charge in [-0.15, -0.1) is 0 Å². The summed E-state index contributed by atoms with van der Waals surface area (Å²) in [6.07, 6.45) is 1.83. The lowest BCUT2D eigenvalue weighted by molar-refractivity contribution is -0.141. The van der Waals surface area contributed by atoms with E-state index in [1.807, 2.05) is 6.92 Å². The molecule has 24 heavy (non-hydrogen) atoms. The molecule has 1 aromatic carbocycles. The summed E-state index contributed by atoms with van der Waals surface area (Å²) in [5.41, 5.74) is 1.05. The fourth-order valence-corrected chi connectivity index (χ4v) is 3.16. The summed E-state index contributed by atoms with van der Waals surface area (Å²) >= 11 is 0. The van der Waals surface area contributed by atoms with Crippen LogP contribution < -0.4 is 4.72 Å². The van der Waals surface area contributed by atoms with E-state index in [1.165, 1.54) is 12.1 Å². The first kappa shape index (κ1) is 20.1. The fraction of sp³-hybridized carbons (Fsp3) is 0.467. The SMILES string of the molecule is CCCc1ccc(S(=O)(=O)NCCN(CC(=O)O)CC(=O)O)cc1. The van der Waals surface area contributed by atoms with Gasteiger partial charge in [0.05, 0.1) is 18.0 Å². The normalized spacial score (nSPS) is 11.6. The molecule has 0 unspecified atom stereocenters.